The van der Waals surface area contributed by atoms with E-state index < -0.39 is 5.97 Å². The van der Waals surface area contributed by atoms with E-state index in [2.05, 4.69) is 4.98 Å². The van der Waals surface area contributed by atoms with E-state index in [-0.39, 0.29) is 0 Å². The highest BCUT2D eigenvalue weighted by Gasteiger charge is 2.16. The molecule has 1 aromatic heterocycles. The zero-order valence-electron chi connectivity index (χ0n) is 10.6. The van der Waals surface area contributed by atoms with Gasteiger partial charge in [0.1, 0.15) is 11.4 Å². The first-order valence-corrected chi connectivity index (χ1v) is 6.92. The molecule has 0 atom stereocenters. The van der Waals surface area contributed by atoms with E-state index >= 15 is 0 Å². The predicted octanol–water partition coefficient (Wildman–Crippen LogP) is 3.66. The minimum atomic E-state index is -0.420. The van der Waals surface area contributed by atoms with Crippen molar-refractivity contribution in [2.45, 2.75) is 6.92 Å². The van der Waals surface area contributed by atoms with E-state index in [1.807, 2.05) is 31.2 Å². The quantitative estimate of drug-likeness (QED) is 0.691. The van der Waals surface area contributed by atoms with Crippen LogP contribution in [0.5, 0.6) is 5.75 Å². The summed E-state index contributed by atoms with van der Waals surface area (Å²) in [4.78, 5) is 15.3. The van der Waals surface area contributed by atoms with Crippen LogP contribution in [0.25, 0.3) is 10.4 Å². The molecule has 1 heterocycles. The number of carbonyl (C=O) groups is 1. The fourth-order valence-corrected chi connectivity index (χ4v) is 2.83. The van der Waals surface area contributed by atoms with Crippen molar-refractivity contribution in [2.75, 3.05) is 13.7 Å². The maximum absolute atomic E-state index is 11.7. The molecule has 0 aliphatic carbocycles. The molecule has 0 aliphatic heterocycles. The van der Waals surface area contributed by atoms with Crippen LogP contribution >= 0.6 is 23.6 Å². The number of carbonyl (C=O) groups excluding carboxylic acids is 1. The van der Waals surface area contributed by atoms with Gasteiger partial charge in [-0.15, -0.1) is 11.3 Å². The highest BCUT2D eigenvalue weighted by Crippen LogP contribution is 2.30. The molecule has 1 N–H and O–H groups in total. The zero-order chi connectivity index (χ0) is 13.8. The van der Waals surface area contributed by atoms with Gasteiger partial charge in [-0.2, -0.15) is 0 Å². The topological polar surface area (TPSA) is 51.3 Å². The van der Waals surface area contributed by atoms with Crippen LogP contribution < -0.4 is 4.74 Å². The molecule has 4 nitrogen and oxygen atoms in total. The zero-order valence-corrected chi connectivity index (χ0v) is 12.2. The molecule has 0 amide bonds. The molecule has 19 heavy (non-hydrogen) atoms. The molecule has 0 aliphatic rings. The number of nitrogens with one attached hydrogen (secondary N) is 1. The van der Waals surface area contributed by atoms with Crippen LogP contribution in [0.15, 0.2) is 24.3 Å². The fraction of sp³-hybridized carbons (Fsp3) is 0.231. The Balaban J connectivity index is 2.41. The largest absolute Gasteiger partial charge is 0.494 e. The Morgan fingerprint density at radius 3 is 2.63 bits per heavy atom. The molecule has 0 saturated carbocycles. The van der Waals surface area contributed by atoms with Crippen molar-refractivity contribution in [3.05, 3.63) is 33.9 Å². The van der Waals surface area contributed by atoms with Gasteiger partial charge in [0, 0.05) is 0 Å². The van der Waals surface area contributed by atoms with Gasteiger partial charge in [0.15, 0.2) is 3.95 Å². The monoisotopic (exact) mass is 295 g/mol. The van der Waals surface area contributed by atoms with Crippen LogP contribution in [0.4, 0.5) is 0 Å². The highest BCUT2D eigenvalue weighted by atomic mass is 32.1. The summed E-state index contributed by atoms with van der Waals surface area (Å²) in [5, 5.41) is 0. The summed E-state index contributed by atoms with van der Waals surface area (Å²) in [7, 11) is 1.35. The smallest absolute Gasteiger partial charge is 0.356 e. The van der Waals surface area contributed by atoms with E-state index in [9.17, 15) is 4.79 Å². The summed E-state index contributed by atoms with van der Waals surface area (Å²) in [5.41, 5.74) is 1.29. The first-order chi connectivity index (χ1) is 9.15. The van der Waals surface area contributed by atoms with Crippen LogP contribution in [0.2, 0.25) is 0 Å². The Morgan fingerprint density at radius 1 is 1.37 bits per heavy atom. The molecule has 6 heteroatoms. The van der Waals surface area contributed by atoms with E-state index in [1.54, 1.807) is 0 Å². The Hall–Kier alpha value is -1.66. The summed E-state index contributed by atoms with van der Waals surface area (Å²) in [6.07, 6.45) is 0. The molecular formula is C13H13NO3S2. The molecule has 0 fully saturated rings. The first kappa shape index (κ1) is 13.8. The fourth-order valence-electron chi connectivity index (χ4n) is 1.65. The summed E-state index contributed by atoms with van der Waals surface area (Å²) in [5.74, 6) is 0.376. The molecule has 100 valence electrons. The normalized spacial score (nSPS) is 10.2. The minimum Gasteiger partial charge on any atom is -0.494 e. The standard InChI is InChI=1S/C13H13NO3S2/c1-3-17-9-6-4-8(5-7-9)11-10(12(15)16-2)14-13(18)19-11/h4-7H,3H2,1-2H3,(H,14,18). The number of rotatable bonds is 4. The van der Waals surface area contributed by atoms with Crippen molar-refractivity contribution < 1.29 is 14.3 Å². The van der Waals surface area contributed by atoms with Gasteiger partial charge in [0.05, 0.1) is 18.6 Å². The molecule has 2 aromatic rings. The number of H-pyrrole nitrogens is 1. The number of thiazole rings is 1. The number of esters is 1. The molecule has 0 spiro atoms. The first-order valence-electron chi connectivity index (χ1n) is 5.70. The van der Waals surface area contributed by atoms with Gasteiger partial charge < -0.3 is 14.5 Å². The lowest BCUT2D eigenvalue weighted by Gasteiger charge is -2.05. The lowest BCUT2D eigenvalue weighted by atomic mass is 10.1. The van der Waals surface area contributed by atoms with Crippen molar-refractivity contribution >= 4 is 29.5 Å². The highest BCUT2D eigenvalue weighted by molar-refractivity contribution is 7.73. The van der Waals surface area contributed by atoms with Crippen LogP contribution in [0.3, 0.4) is 0 Å². The summed E-state index contributed by atoms with van der Waals surface area (Å²) in [6, 6.07) is 7.52. The second-order valence-electron chi connectivity index (χ2n) is 3.67. The number of benzene rings is 1. The lowest BCUT2D eigenvalue weighted by molar-refractivity contribution is 0.0595. The summed E-state index contributed by atoms with van der Waals surface area (Å²) >= 11 is 6.43. The maximum atomic E-state index is 11.7. The van der Waals surface area contributed by atoms with Gasteiger partial charge in [-0.05, 0) is 49.0 Å². The van der Waals surface area contributed by atoms with Crippen molar-refractivity contribution in [3.8, 4) is 16.2 Å². The Kier molecular flexibility index (Phi) is 4.34. The molecule has 0 radical (unpaired) electrons. The minimum absolute atomic E-state index is 0.390. The van der Waals surface area contributed by atoms with Gasteiger partial charge >= 0.3 is 5.97 Å². The van der Waals surface area contributed by atoms with Crippen LogP contribution in [-0.2, 0) is 4.74 Å². The Bertz CT molecular complexity index is 628. The third-order valence-electron chi connectivity index (χ3n) is 2.47. The molecule has 2 rings (SSSR count). The maximum Gasteiger partial charge on any atom is 0.356 e. The van der Waals surface area contributed by atoms with Crippen molar-refractivity contribution in [2.24, 2.45) is 0 Å². The van der Waals surface area contributed by atoms with Crippen LogP contribution in [-0.4, -0.2) is 24.7 Å². The average molecular weight is 295 g/mol. The predicted molar refractivity (Wildman–Crippen MR) is 77.4 cm³/mol. The third-order valence-corrected chi connectivity index (χ3v) is 3.75. The summed E-state index contributed by atoms with van der Waals surface area (Å²) in [6.45, 7) is 2.55. The van der Waals surface area contributed by atoms with E-state index in [1.165, 1.54) is 18.4 Å². The lowest BCUT2D eigenvalue weighted by Crippen LogP contribution is -2.03. The van der Waals surface area contributed by atoms with Crippen LogP contribution in [0.1, 0.15) is 17.4 Å². The van der Waals surface area contributed by atoms with E-state index in [4.69, 9.17) is 21.7 Å². The second kappa shape index (κ2) is 5.99. The van der Waals surface area contributed by atoms with Gasteiger partial charge in [-0.3, -0.25) is 0 Å². The SMILES string of the molecule is CCOc1ccc(-c2sc(=S)[nH]c2C(=O)OC)cc1. The van der Waals surface area contributed by atoms with Gasteiger partial charge in [0.2, 0.25) is 0 Å². The Labute approximate surface area is 120 Å². The third kappa shape index (κ3) is 3.02. The van der Waals surface area contributed by atoms with Crippen molar-refractivity contribution in [1.29, 1.82) is 0 Å². The van der Waals surface area contributed by atoms with Gasteiger partial charge in [-0.25, -0.2) is 4.79 Å². The number of hydrogen-bond acceptors (Lipinski definition) is 5. The molecule has 0 saturated heterocycles. The number of aromatic nitrogens is 1. The number of methoxy groups -OCH3 is 1. The molecule has 0 bridgehead atoms. The summed E-state index contributed by atoms with van der Waals surface area (Å²) < 4.78 is 10.7. The molecule has 1 aromatic carbocycles. The van der Waals surface area contributed by atoms with E-state index in [0.29, 0.717) is 16.3 Å². The van der Waals surface area contributed by atoms with Crippen LogP contribution in [0, 0.1) is 3.95 Å². The van der Waals surface area contributed by atoms with Crippen molar-refractivity contribution in [1.82, 2.24) is 4.98 Å². The van der Waals surface area contributed by atoms with Crippen molar-refractivity contribution in [3.63, 3.8) is 0 Å². The Morgan fingerprint density at radius 2 is 2.05 bits per heavy atom. The number of hydrogen-bond donors (Lipinski definition) is 1. The average Bonchev–Trinajstić information content (AvgIpc) is 2.81. The number of aromatic amines is 1. The van der Waals surface area contributed by atoms with Gasteiger partial charge in [0.25, 0.3) is 0 Å². The molecule has 0 unspecified atom stereocenters. The number of ether oxygens (including phenoxy) is 2. The van der Waals surface area contributed by atoms with E-state index in [0.717, 1.165) is 16.2 Å². The second-order valence-corrected chi connectivity index (χ2v) is 5.35. The van der Waals surface area contributed by atoms with Gasteiger partial charge in [-0.1, -0.05) is 0 Å². The molecular weight excluding hydrogens is 282 g/mol.